The summed E-state index contributed by atoms with van der Waals surface area (Å²) in [4.78, 5) is 51.5. The van der Waals surface area contributed by atoms with E-state index in [9.17, 15) is 24.5 Å². The van der Waals surface area contributed by atoms with Crippen LogP contribution in [0.15, 0.2) is 138 Å². The number of nitrogens with one attached hydrogen (secondary N) is 3. The first-order valence-electron chi connectivity index (χ1n) is 14.8. The Morgan fingerprint density at radius 3 is 2.14 bits per heavy atom. The van der Waals surface area contributed by atoms with Gasteiger partial charge in [-0.05, 0) is 77.9 Å². The maximum absolute atomic E-state index is 13.6. The number of carbonyl (C=O) groups excluding carboxylic acids is 3. The molecular formula is C37H29ClN4O6S. The van der Waals surface area contributed by atoms with Crippen molar-refractivity contribution in [2.24, 2.45) is 0 Å². The first-order valence-corrected chi connectivity index (χ1v) is 16.1. The van der Waals surface area contributed by atoms with Crippen LogP contribution in [0.25, 0.3) is 6.08 Å². The van der Waals surface area contributed by atoms with Crippen LogP contribution in [0.3, 0.4) is 0 Å². The number of carbonyl (C=O) groups is 3. The average molecular weight is 693 g/mol. The third kappa shape index (κ3) is 9.34. The molecule has 0 aromatic heterocycles. The topological polar surface area (TPSA) is 140 Å². The van der Waals surface area contributed by atoms with Crippen LogP contribution in [0.4, 0.5) is 17.1 Å². The third-order valence-electron chi connectivity index (χ3n) is 7.05. The highest BCUT2D eigenvalue weighted by atomic mass is 35.5. The fraction of sp³-hybridized carbons (Fsp3) is 0.0541. The minimum Gasteiger partial charge on any atom is -0.495 e. The molecule has 5 aromatic rings. The first kappa shape index (κ1) is 34.4. The lowest BCUT2D eigenvalue weighted by atomic mass is 10.1. The summed E-state index contributed by atoms with van der Waals surface area (Å²) in [6, 6.07) is 35.2. The molecule has 0 spiro atoms. The van der Waals surface area contributed by atoms with Crippen molar-refractivity contribution in [2.45, 2.75) is 10.1 Å². The number of nitro benzene ring substituents is 1. The number of ether oxygens (including phenoxy) is 1. The molecular weight excluding hydrogens is 664 g/mol. The van der Waals surface area contributed by atoms with Gasteiger partial charge in [-0.25, -0.2) is 0 Å². The molecule has 49 heavy (non-hydrogen) atoms. The molecule has 1 atom stereocenters. The molecule has 0 aliphatic carbocycles. The lowest BCUT2D eigenvalue weighted by Gasteiger charge is -2.18. The van der Waals surface area contributed by atoms with Gasteiger partial charge in [-0.15, -0.1) is 11.8 Å². The number of methoxy groups -OCH3 is 1. The Morgan fingerprint density at radius 2 is 1.49 bits per heavy atom. The monoisotopic (exact) mass is 692 g/mol. The first-order chi connectivity index (χ1) is 23.7. The number of halogens is 1. The van der Waals surface area contributed by atoms with Crippen molar-refractivity contribution < 1.29 is 24.0 Å². The van der Waals surface area contributed by atoms with Crippen LogP contribution < -0.4 is 20.7 Å². The van der Waals surface area contributed by atoms with E-state index in [-0.39, 0.29) is 17.3 Å². The van der Waals surface area contributed by atoms with E-state index in [2.05, 4.69) is 16.0 Å². The lowest BCUT2D eigenvalue weighted by Crippen LogP contribution is -2.30. The molecule has 0 fully saturated rings. The zero-order valence-corrected chi connectivity index (χ0v) is 27.5. The van der Waals surface area contributed by atoms with Gasteiger partial charge in [-0.1, -0.05) is 66.2 Å². The summed E-state index contributed by atoms with van der Waals surface area (Å²) in [5, 5.41) is 19.2. The Balaban J connectivity index is 1.38. The van der Waals surface area contributed by atoms with E-state index >= 15 is 0 Å². The zero-order valence-electron chi connectivity index (χ0n) is 26.0. The molecule has 1 unspecified atom stereocenters. The number of rotatable bonds is 12. The van der Waals surface area contributed by atoms with Crippen molar-refractivity contribution in [3.63, 3.8) is 0 Å². The summed E-state index contributed by atoms with van der Waals surface area (Å²) in [5.41, 5.74) is 2.28. The number of hydrogen-bond acceptors (Lipinski definition) is 7. The van der Waals surface area contributed by atoms with E-state index in [1.807, 2.05) is 36.4 Å². The van der Waals surface area contributed by atoms with Crippen LogP contribution >= 0.6 is 23.4 Å². The van der Waals surface area contributed by atoms with Gasteiger partial charge in [0.05, 0.1) is 17.1 Å². The van der Waals surface area contributed by atoms with Gasteiger partial charge in [0.25, 0.3) is 17.5 Å². The highest BCUT2D eigenvalue weighted by Crippen LogP contribution is 2.38. The zero-order chi connectivity index (χ0) is 34.8. The summed E-state index contributed by atoms with van der Waals surface area (Å²) < 4.78 is 5.21. The molecule has 0 heterocycles. The number of anilines is 2. The molecule has 5 aromatic carbocycles. The van der Waals surface area contributed by atoms with E-state index in [4.69, 9.17) is 16.3 Å². The molecule has 5 rings (SSSR count). The molecule has 0 aliphatic heterocycles. The fourth-order valence-electron chi connectivity index (χ4n) is 4.64. The van der Waals surface area contributed by atoms with Gasteiger partial charge in [-0.3, -0.25) is 24.5 Å². The number of nitrogens with zero attached hydrogens (tertiary/aromatic N) is 1. The molecule has 3 N–H and O–H groups in total. The van der Waals surface area contributed by atoms with Gasteiger partial charge in [0.2, 0.25) is 5.91 Å². The number of hydrogen-bond donors (Lipinski definition) is 3. The SMILES string of the molecule is COc1ccc(NC(=O)C(Sc2cccc(NC(=O)/C(=C\c3ccc([N+](=O)[O-])cc3)NC(=O)c3ccccc3)c2)c2ccccc2)cc1Cl. The van der Waals surface area contributed by atoms with E-state index in [1.165, 1.54) is 49.2 Å². The Bertz CT molecular complexity index is 2010. The van der Waals surface area contributed by atoms with Gasteiger partial charge in [0.1, 0.15) is 16.7 Å². The van der Waals surface area contributed by atoms with Crippen molar-refractivity contribution >= 4 is 64.2 Å². The van der Waals surface area contributed by atoms with Gasteiger partial charge < -0.3 is 20.7 Å². The van der Waals surface area contributed by atoms with Gasteiger partial charge >= 0.3 is 0 Å². The molecule has 12 heteroatoms. The van der Waals surface area contributed by atoms with Crippen LogP contribution in [0.5, 0.6) is 5.75 Å². The molecule has 0 bridgehead atoms. The Kier molecular flexibility index (Phi) is 11.4. The van der Waals surface area contributed by atoms with E-state index in [1.54, 1.807) is 66.7 Å². The second-order valence-corrected chi connectivity index (χ2v) is 12.0. The quantitative estimate of drug-likeness (QED) is 0.0519. The van der Waals surface area contributed by atoms with Crippen molar-refractivity contribution in [2.75, 3.05) is 17.7 Å². The van der Waals surface area contributed by atoms with Crippen LogP contribution in [-0.2, 0) is 9.59 Å². The summed E-state index contributed by atoms with van der Waals surface area (Å²) in [7, 11) is 1.51. The minimum absolute atomic E-state index is 0.0829. The summed E-state index contributed by atoms with van der Waals surface area (Å²) in [6.07, 6.45) is 1.43. The predicted octanol–water partition coefficient (Wildman–Crippen LogP) is 8.14. The van der Waals surface area contributed by atoms with E-state index < -0.39 is 22.0 Å². The Hall–Kier alpha value is -5.91. The molecule has 0 saturated heterocycles. The smallest absolute Gasteiger partial charge is 0.272 e. The van der Waals surface area contributed by atoms with E-state index in [0.29, 0.717) is 38.2 Å². The number of nitro groups is 1. The summed E-state index contributed by atoms with van der Waals surface area (Å²) >= 11 is 7.56. The van der Waals surface area contributed by atoms with Crippen LogP contribution in [-0.4, -0.2) is 29.8 Å². The second kappa shape index (κ2) is 16.3. The fourth-order valence-corrected chi connectivity index (χ4v) is 5.98. The van der Waals surface area contributed by atoms with Crippen LogP contribution in [0.2, 0.25) is 5.02 Å². The standard InChI is InChI=1S/C37H29ClN4O6S/c1-48-33-20-17-28(23-31(33)38)40-37(45)34(25-9-4-2-5-10-25)49-30-14-8-13-27(22-30)39-36(44)32(41-35(43)26-11-6-3-7-12-26)21-24-15-18-29(19-16-24)42(46)47/h2-23,34H,1H3,(H,39,44)(H,40,45)(H,41,43)/b32-21+. The average Bonchev–Trinajstić information content (AvgIpc) is 3.11. The molecule has 0 saturated carbocycles. The largest absolute Gasteiger partial charge is 0.495 e. The van der Waals surface area contributed by atoms with Gasteiger partial charge in [0.15, 0.2) is 0 Å². The Morgan fingerprint density at radius 1 is 0.816 bits per heavy atom. The molecule has 10 nitrogen and oxygen atoms in total. The summed E-state index contributed by atoms with van der Waals surface area (Å²) in [6.45, 7) is 0. The van der Waals surface area contributed by atoms with Gasteiger partial charge in [0, 0.05) is 34.0 Å². The normalized spacial score (nSPS) is 11.6. The van der Waals surface area contributed by atoms with E-state index in [0.717, 1.165) is 5.56 Å². The van der Waals surface area contributed by atoms with Gasteiger partial charge in [-0.2, -0.15) is 0 Å². The number of amides is 3. The number of non-ortho nitro benzene ring substituents is 1. The predicted molar refractivity (Wildman–Crippen MR) is 192 cm³/mol. The molecule has 0 radical (unpaired) electrons. The molecule has 246 valence electrons. The van der Waals surface area contributed by atoms with Crippen LogP contribution in [0.1, 0.15) is 26.7 Å². The minimum atomic E-state index is -0.671. The Labute approximate surface area is 291 Å². The third-order valence-corrected chi connectivity index (χ3v) is 8.59. The molecule has 3 amide bonds. The number of thioether (sulfide) groups is 1. The van der Waals surface area contributed by atoms with Crippen LogP contribution in [0, 0.1) is 10.1 Å². The highest BCUT2D eigenvalue weighted by molar-refractivity contribution is 8.00. The second-order valence-electron chi connectivity index (χ2n) is 10.5. The number of benzene rings is 5. The lowest BCUT2D eigenvalue weighted by molar-refractivity contribution is -0.384. The maximum atomic E-state index is 13.6. The highest BCUT2D eigenvalue weighted by Gasteiger charge is 2.23. The van der Waals surface area contributed by atoms with Crippen molar-refractivity contribution in [1.82, 2.24) is 5.32 Å². The van der Waals surface area contributed by atoms with Crippen molar-refractivity contribution in [3.8, 4) is 5.75 Å². The maximum Gasteiger partial charge on any atom is 0.272 e. The van der Waals surface area contributed by atoms with Crippen molar-refractivity contribution in [3.05, 3.63) is 165 Å². The summed E-state index contributed by atoms with van der Waals surface area (Å²) in [5.74, 6) is -0.941. The molecule has 0 aliphatic rings. The van der Waals surface area contributed by atoms with Crippen molar-refractivity contribution in [1.29, 1.82) is 0 Å².